The van der Waals surface area contributed by atoms with Crippen LogP contribution >= 0.6 is 0 Å². The number of carbonyl (C=O) groups is 1. The van der Waals surface area contributed by atoms with Gasteiger partial charge in [-0.25, -0.2) is 19.3 Å². The maximum Gasteiger partial charge on any atom is 0.243 e. The van der Waals surface area contributed by atoms with Crippen LogP contribution in [0.3, 0.4) is 0 Å². The number of carbonyl (C=O) groups excluding carboxylic acids is 1. The van der Waals surface area contributed by atoms with Crippen LogP contribution in [0.4, 0.5) is 0 Å². The number of amides is 1. The first kappa shape index (κ1) is 22.0. The summed E-state index contributed by atoms with van der Waals surface area (Å²) >= 11 is 0. The second-order valence-corrected chi connectivity index (χ2v) is 10.4. The molecule has 166 valence electrons. The van der Waals surface area contributed by atoms with Crippen molar-refractivity contribution in [2.24, 2.45) is 0 Å². The third kappa shape index (κ3) is 4.67. The number of piperazine rings is 1. The predicted octanol–water partition coefficient (Wildman–Crippen LogP) is 2.25. The van der Waals surface area contributed by atoms with Crippen LogP contribution in [-0.4, -0.2) is 55.8 Å². The van der Waals surface area contributed by atoms with Gasteiger partial charge in [0.15, 0.2) is 0 Å². The molecule has 31 heavy (non-hydrogen) atoms. The number of hydrogen-bond acceptors (Lipinski definition) is 5. The van der Waals surface area contributed by atoms with E-state index in [0.29, 0.717) is 43.4 Å². The summed E-state index contributed by atoms with van der Waals surface area (Å²) < 4.78 is 27.5. The first-order valence-electron chi connectivity index (χ1n) is 10.8. The Morgan fingerprint density at radius 2 is 1.58 bits per heavy atom. The number of hydrazine groups is 1. The molecule has 1 amide bonds. The van der Waals surface area contributed by atoms with Crippen molar-refractivity contribution in [2.75, 3.05) is 26.2 Å². The Bertz CT molecular complexity index is 1000. The van der Waals surface area contributed by atoms with E-state index in [2.05, 4.69) is 24.7 Å². The molecule has 0 aromatic heterocycles. The minimum absolute atomic E-state index is 0.0178. The molecule has 0 saturated carbocycles. The van der Waals surface area contributed by atoms with Gasteiger partial charge in [-0.05, 0) is 35.6 Å². The largest absolute Gasteiger partial charge is 0.339 e. The minimum Gasteiger partial charge on any atom is -0.339 e. The van der Waals surface area contributed by atoms with Crippen LogP contribution in [0.2, 0.25) is 0 Å². The Morgan fingerprint density at radius 1 is 0.935 bits per heavy atom. The Labute approximate surface area is 184 Å². The lowest BCUT2D eigenvalue weighted by Crippen LogP contribution is -2.54. The van der Waals surface area contributed by atoms with Crippen molar-refractivity contribution in [3.8, 4) is 0 Å². The normalized spacial score (nSPS) is 22.7. The molecule has 0 spiro atoms. The molecule has 2 saturated heterocycles. The van der Waals surface area contributed by atoms with Gasteiger partial charge in [0, 0.05) is 32.2 Å². The van der Waals surface area contributed by atoms with E-state index >= 15 is 0 Å². The fourth-order valence-electron chi connectivity index (χ4n) is 4.17. The summed E-state index contributed by atoms with van der Waals surface area (Å²) in [6, 6.07) is 16.9. The van der Waals surface area contributed by atoms with Crippen molar-refractivity contribution in [1.82, 2.24) is 20.1 Å². The molecule has 0 bridgehead atoms. The first-order valence-corrected chi connectivity index (χ1v) is 12.2. The molecule has 2 aromatic carbocycles. The highest BCUT2D eigenvalue weighted by molar-refractivity contribution is 7.89. The van der Waals surface area contributed by atoms with Gasteiger partial charge in [-0.3, -0.25) is 4.79 Å². The number of sulfonamides is 1. The van der Waals surface area contributed by atoms with Crippen molar-refractivity contribution in [3.63, 3.8) is 0 Å². The van der Waals surface area contributed by atoms with E-state index in [9.17, 15) is 13.2 Å². The predicted molar refractivity (Wildman–Crippen MR) is 120 cm³/mol. The fourth-order valence-corrected chi connectivity index (χ4v) is 5.59. The van der Waals surface area contributed by atoms with Crippen LogP contribution in [0.5, 0.6) is 0 Å². The van der Waals surface area contributed by atoms with Gasteiger partial charge in [0.05, 0.1) is 4.90 Å². The monoisotopic (exact) mass is 442 g/mol. The molecule has 8 heteroatoms. The van der Waals surface area contributed by atoms with E-state index in [1.54, 1.807) is 17.0 Å². The van der Waals surface area contributed by atoms with Crippen LogP contribution in [0, 0.1) is 0 Å². The van der Waals surface area contributed by atoms with Gasteiger partial charge in [-0.15, -0.1) is 0 Å². The minimum atomic E-state index is -3.55. The SMILES string of the molecule is CC(C)c1ccc(S(=O)(=O)N2CCN(C(=O)C3CC(c4ccccc4)NN3)CC2)cc1. The topological polar surface area (TPSA) is 81.8 Å². The standard InChI is InChI=1S/C23H30N4O3S/c1-17(2)18-8-10-20(11-9-18)31(29,30)27-14-12-26(13-15-27)23(28)22-16-21(24-25-22)19-6-4-3-5-7-19/h3-11,17,21-22,24-25H,12-16H2,1-2H3. The van der Waals surface area contributed by atoms with Crippen LogP contribution < -0.4 is 10.9 Å². The lowest BCUT2D eigenvalue weighted by molar-refractivity contribution is -0.134. The molecule has 0 aliphatic carbocycles. The summed E-state index contributed by atoms with van der Waals surface area (Å²) in [5.74, 6) is 0.371. The summed E-state index contributed by atoms with van der Waals surface area (Å²) in [5.41, 5.74) is 8.57. The van der Waals surface area contributed by atoms with E-state index < -0.39 is 10.0 Å². The zero-order valence-electron chi connectivity index (χ0n) is 18.0. The van der Waals surface area contributed by atoms with Crippen molar-refractivity contribution >= 4 is 15.9 Å². The van der Waals surface area contributed by atoms with Crippen molar-refractivity contribution in [3.05, 3.63) is 65.7 Å². The summed E-state index contributed by atoms with van der Waals surface area (Å²) in [6.07, 6.45) is 0.670. The number of rotatable bonds is 5. The summed E-state index contributed by atoms with van der Waals surface area (Å²) in [4.78, 5) is 15.0. The van der Waals surface area contributed by atoms with E-state index in [-0.39, 0.29) is 18.0 Å². The maximum absolute atomic E-state index is 13.0. The fraction of sp³-hybridized carbons (Fsp3) is 0.435. The molecule has 2 fully saturated rings. The lowest BCUT2D eigenvalue weighted by Gasteiger charge is -2.35. The Balaban J connectivity index is 1.34. The third-order valence-corrected chi connectivity index (χ3v) is 8.05. The molecular formula is C23H30N4O3S. The average molecular weight is 443 g/mol. The molecule has 2 aromatic rings. The third-order valence-electron chi connectivity index (χ3n) is 6.14. The lowest BCUT2D eigenvalue weighted by atomic mass is 10.0. The van der Waals surface area contributed by atoms with Gasteiger partial charge in [-0.2, -0.15) is 4.31 Å². The van der Waals surface area contributed by atoms with Crippen LogP contribution in [0.25, 0.3) is 0 Å². The van der Waals surface area contributed by atoms with Crippen LogP contribution in [-0.2, 0) is 14.8 Å². The van der Waals surface area contributed by atoms with Crippen molar-refractivity contribution in [1.29, 1.82) is 0 Å². The van der Waals surface area contributed by atoms with E-state index in [4.69, 9.17) is 0 Å². The summed E-state index contributed by atoms with van der Waals surface area (Å²) in [6.45, 7) is 5.57. The van der Waals surface area contributed by atoms with Crippen molar-refractivity contribution < 1.29 is 13.2 Å². The zero-order valence-corrected chi connectivity index (χ0v) is 18.8. The van der Waals surface area contributed by atoms with Gasteiger partial charge in [0.25, 0.3) is 0 Å². The molecule has 7 nitrogen and oxygen atoms in total. The number of nitrogens with zero attached hydrogens (tertiary/aromatic N) is 2. The number of nitrogens with one attached hydrogen (secondary N) is 2. The average Bonchev–Trinajstić information content (AvgIpc) is 3.30. The maximum atomic E-state index is 13.0. The molecule has 2 aliphatic heterocycles. The zero-order chi connectivity index (χ0) is 22.0. The van der Waals surface area contributed by atoms with Gasteiger partial charge in [0.1, 0.15) is 6.04 Å². The molecule has 2 heterocycles. The molecule has 2 N–H and O–H groups in total. The van der Waals surface area contributed by atoms with E-state index in [0.717, 1.165) is 11.1 Å². The number of hydrogen-bond donors (Lipinski definition) is 2. The smallest absolute Gasteiger partial charge is 0.243 e. The molecule has 4 rings (SSSR count). The number of benzene rings is 2. The molecular weight excluding hydrogens is 412 g/mol. The highest BCUT2D eigenvalue weighted by Crippen LogP contribution is 2.24. The Kier molecular flexibility index (Phi) is 6.43. The van der Waals surface area contributed by atoms with Gasteiger partial charge < -0.3 is 4.90 Å². The second-order valence-electron chi connectivity index (χ2n) is 8.49. The Morgan fingerprint density at radius 3 is 2.19 bits per heavy atom. The van der Waals surface area contributed by atoms with Crippen LogP contribution in [0.1, 0.15) is 43.4 Å². The highest BCUT2D eigenvalue weighted by Gasteiger charge is 2.36. The van der Waals surface area contributed by atoms with E-state index in [1.165, 1.54) is 4.31 Å². The van der Waals surface area contributed by atoms with Crippen LogP contribution in [0.15, 0.2) is 59.5 Å². The Hall–Kier alpha value is -2.26. The summed E-state index contributed by atoms with van der Waals surface area (Å²) in [5, 5.41) is 0. The van der Waals surface area contributed by atoms with E-state index in [1.807, 2.05) is 42.5 Å². The quantitative estimate of drug-likeness (QED) is 0.742. The van der Waals surface area contributed by atoms with Gasteiger partial charge >= 0.3 is 0 Å². The molecule has 2 aliphatic rings. The first-order chi connectivity index (χ1) is 14.9. The van der Waals surface area contributed by atoms with Gasteiger partial charge in [0.2, 0.25) is 15.9 Å². The molecule has 0 radical (unpaired) electrons. The van der Waals surface area contributed by atoms with Gasteiger partial charge in [-0.1, -0.05) is 56.3 Å². The molecule has 2 unspecified atom stereocenters. The second kappa shape index (κ2) is 9.08. The summed E-state index contributed by atoms with van der Waals surface area (Å²) in [7, 11) is -3.55. The van der Waals surface area contributed by atoms with Crippen molar-refractivity contribution in [2.45, 2.75) is 43.2 Å². The highest BCUT2D eigenvalue weighted by atomic mass is 32.2. The molecule has 2 atom stereocenters.